The number of fused-ring (bicyclic) bond motifs is 2. The van der Waals surface area contributed by atoms with Crippen molar-refractivity contribution in [3.05, 3.63) is 150 Å². The van der Waals surface area contributed by atoms with Gasteiger partial charge in [-0.3, -0.25) is 0 Å². The van der Waals surface area contributed by atoms with Crippen LogP contribution in [0.15, 0.2) is 123 Å². The summed E-state index contributed by atoms with van der Waals surface area (Å²) in [7, 11) is 0. The number of halogens is 2. The molecule has 3 aliphatic rings. The van der Waals surface area contributed by atoms with Gasteiger partial charge in [0.15, 0.2) is 0 Å². The molecule has 0 saturated heterocycles. The Hall–Kier alpha value is -2.31. The summed E-state index contributed by atoms with van der Waals surface area (Å²) in [6.07, 6.45) is 14.6. The molecular formula is C41H45Cl2Zr. The van der Waals surface area contributed by atoms with Crippen molar-refractivity contribution in [1.29, 1.82) is 0 Å². The average molecular weight is 700 g/mol. The fourth-order valence-corrected chi connectivity index (χ4v) is 12.1. The summed E-state index contributed by atoms with van der Waals surface area (Å²) < 4.78 is 3.27. The number of hydrogen-bond donors (Lipinski definition) is 0. The van der Waals surface area contributed by atoms with Crippen LogP contribution in [-0.2, 0) is 28.2 Å². The first-order valence-electron chi connectivity index (χ1n) is 15.5. The molecule has 227 valence electrons. The number of allylic oxidation sites excluding steroid dienone is 8. The van der Waals surface area contributed by atoms with E-state index in [1.165, 1.54) is 43.8 Å². The van der Waals surface area contributed by atoms with Crippen molar-refractivity contribution in [1.82, 2.24) is 0 Å². The maximum atomic E-state index is 2.63. The van der Waals surface area contributed by atoms with Gasteiger partial charge in [-0.25, -0.2) is 0 Å². The maximum Gasteiger partial charge on any atom is -0.147 e. The van der Waals surface area contributed by atoms with Crippen molar-refractivity contribution >= 4 is 39.7 Å². The van der Waals surface area contributed by atoms with Crippen LogP contribution in [0.5, 0.6) is 0 Å². The zero-order valence-electron chi connectivity index (χ0n) is 27.1. The van der Waals surface area contributed by atoms with E-state index in [2.05, 4.69) is 158 Å². The smallest absolute Gasteiger partial charge is 0.147 e. The molecule has 0 aliphatic heterocycles. The second-order valence-corrected chi connectivity index (χ2v) is 17.1. The molecule has 0 nitrogen and oxygen atoms in total. The van der Waals surface area contributed by atoms with E-state index in [9.17, 15) is 0 Å². The Kier molecular flexibility index (Phi) is 10.4. The van der Waals surface area contributed by atoms with E-state index in [0.717, 1.165) is 12.8 Å². The third-order valence-corrected chi connectivity index (χ3v) is 13.7. The van der Waals surface area contributed by atoms with Crippen LogP contribution in [-0.4, -0.2) is 3.21 Å². The molecule has 0 amide bonds. The van der Waals surface area contributed by atoms with Gasteiger partial charge < -0.3 is 0 Å². The molecule has 0 spiro atoms. The van der Waals surface area contributed by atoms with Gasteiger partial charge in [0.1, 0.15) is 0 Å². The summed E-state index contributed by atoms with van der Waals surface area (Å²) in [6, 6.07) is 29.6. The van der Waals surface area contributed by atoms with E-state index >= 15 is 0 Å². The van der Waals surface area contributed by atoms with Gasteiger partial charge in [0.2, 0.25) is 0 Å². The second kappa shape index (κ2) is 13.2. The van der Waals surface area contributed by atoms with Gasteiger partial charge in [0, 0.05) is 0 Å². The third kappa shape index (κ3) is 5.98. The van der Waals surface area contributed by atoms with Crippen molar-refractivity contribution in [2.24, 2.45) is 10.8 Å². The van der Waals surface area contributed by atoms with Crippen LogP contribution >= 0.6 is 24.8 Å². The van der Waals surface area contributed by atoms with Crippen LogP contribution < -0.4 is 10.4 Å². The molecule has 3 aliphatic carbocycles. The normalized spacial score (nSPS) is 18.7. The molecule has 44 heavy (non-hydrogen) atoms. The zero-order valence-corrected chi connectivity index (χ0v) is 31.2. The first kappa shape index (κ1) is 34.6. The van der Waals surface area contributed by atoms with Crippen molar-refractivity contribution in [2.75, 3.05) is 0 Å². The minimum atomic E-state index is -1.35. The molecular weight excluding hydrogens is 655 g/mol. The fourth-order valence-electron chi connectivity index (χ4n) is 7.10. The first-order valence-corrected chi connectivity index (χ1v) is 17.9. The summed E-state index contributed by atoms with van der Waals surface area (Å²) >= 11 is -1.35. The van der Waals surface area contributed by atoms with Gasteiger partial charge >= 0.3 is 265 Å². The Bertz CT molecular complexity index is 1780. The number of rotatable bonds is 5. The molecule has 0 aromatic heterocycles. The Balaban J connectivity index is 0.00000221. The van der Waals surface area contributed by atoms with E-state index in [0.29, 0.717) is 0 Å². The van der Waals surface area contributed by atoms with E-state index in [1.54, 1.807) is 12.1 Å². The molecule has 0 fully saturated rings. The average Bonchev–Trinajstić information content (AvgIpc) is 3.60. The fraction of sp³-hybridized carbons (Fsp3) is 0.293. The number of benzene rings is 3. The summed E-state index contributed by atoms with van der Waals surface area (Å²) in [5.41, 5.74) is 10.3. The Morgan fingerprint density at radius 3 is 1.93 bits per heavy atom. The third-order valence-electron chi connectivity index (χ3n) is 9.40. The molecule has 0 bridgehead atoms. The Labute approximate surface area is 288 Å². The Morgan fingerprint density at radius 1 is 0.773 bits per heavy atom. The monoisotopic (exact) mass is 697 g/mol. The van der Waals surface area contributed by atoms with Crippen LogP contribution in [0.3, 0.4) is 0 Å². The van der Waals surface area contributed by atoms with Crippen LogP contribution in [0.2, 0.25) is 0 Å². The minimum Gasteiger partial charge on any atom is -0.147 e. The van der Waals surface area contributed by atoms with E-state index in [1.807, 2.05) is 0 Å². The molecule has 0 N–H and O–H groups in total. The van der Waals surface area contributed by atoms with Crippen molar-refractivity contribution in [3.8, 4) is 0 Å². The minimum absolute atomic E-state index is 0. The van der Waals surface area contributed by atoms with Crippen molar-refractivity contribution < 1.29 is 22.8 Å². The van der Waals surface area contributed by atoms with E-state index < -0.39 is 22.8 Å². The Morgan fingerprint density at radius 2 is 1.39 bits per heavy atom. The van der Waals surface area contributed by atoms with Crippen LogP contribution in [0.1, 0.15) is 78.0 Å². The largest absolute Gasteiger partial charge is 0.147 e. The quantitative estimate of drug-likeness (QED) is 0.249. The summed E-state index contributed by atoms with van der Waals surface area (Å²) in [5, 5.41) is 2.78. The van der Waals surface area contributed by atoms with Crippen LogP contribution in [0.25, 0.3) is 11.6 Å². The standard InChI is InChI=1S/C28H33.C13H10.2ClH.Zr/c1-8-19-10-9-11-25(19)28(27(5,6)7)15-14-24-21(18-28)16-20-17-22(26(2,3)4)12-13-23(20)24;1-3-7-12(8-4-1)11-13-9-5-2-6-10-13;;;/h9-10,12-17H,8,11H2,1-7H3;1-10H;2*1H;. The SMILES string of the molecule is CCC1=C(C2(C(C)(C)C)C=CC3=c4ccc(C(C)(C)C)cc4=CC3=[C]2[Zr]=[C](c2ccccc2)c2ccccc2)CC=C1.Cl.Cl. The molecule has 0 radical (unpaired) electrons. The molecule has 1 unspecified atom stereocenters. The van der Waals surface area contributed by atoms with E-state index in [4.69, 9.17) is 0 Å². The molecule has 3 aromatic carbocycles. The molecule has 6 rings (SSSR count). The zero-order chi connectivity index (χ0) is 29.7. The van der Waals surface area contributed by atoms with Crippen molar-refractivity contribution in [2.45, 2.75) is 66.7 Å². The van der Waals surface area contributed by atoms with Crippen molar-refractivity contribution in [3.63, 3.8) is 0 Å². The van der Waals surface area contributed by atoms with Gasteiger partial charge in [-0.05, 0) is 0 Å². The molecule has 0 heterocycles. The predicted molar refractivity (Wildman–Crippen MR) is 192 cm³/mol. The van der Waals surface area contributed by atoms with E-state index in [-0.39, 0.29) is 41.1 Å². The van der Waals surface area contributed by atoms with Crippen LogP contribution in [0.4, 0.5) is 0 Å². The van der Waals surface area contributed by atoms with Gasteiger partial charge in [-0.1, -0.05) is 0 Å². The summed E-state index contributed by atoms with van der Waals surface area (Å²) in [4.78, 5) is 0. The van der Waals surface area contributed by atoms with Gasteiger partial charge in [-0.2, -0.15) is 0 Å². The van der Waals surface area contributed by atoms with Crippen LogP contribution in [0, 0.1) is 10.8 Å². The van der Waals surface area contributed by atoms with Gasteiger partial charge in [0.05, 0.1) is 0 Å². The molecule has 1 atom stereocenters. The maximum absolute atomic E-state index is 2.63. The predicted octanol–water partition coefficient (Wildman–Crippen LogP) is 9.65. The topological polar surface area (TPSA) is 0 Å². The first-order chi connectivity index (χ1) is 20.0. The molecule has 0 saturated carbocycles. The number of hydrogen-bond acceptors (Lipinski definition) is 0. The van der Waals surface area contributed by atoms with Gasteiger partial charge in [0.25, 0.3) is 0 Å². The summed E-state index contributed by atoms with van der Waals surface area (Å²) in [5.74, 6) is 0. The van der Waals surface area contributed by atoms with Gasteiger partial charge in [-0.15, -0.1) is 24.8 Å². The second-order valence-electron chi connectivity index (χ2n) is 14.0. The summed E-state index contributed by atoms with van der Waals surface area (Å²) in [6.45, 7) is 16.7. The molecule has 3 heteroatoms. The molecule has 3 aromatic rings.